The number of halogens is 1. The summed E-state index contributed by atoms with van der Waals surface area (Å²) in [5.74, 6) is -1.33. The maximum Gasteiger partial charge on any atom is 0.409 e. The highest BCUT2D eigenvalue weighted by Gasteiger charge is 2.64. The zero-order valence-electron chi connectivity index (χ0n) is 30.7. The number of hydrogen-bond acceptors (Lipinski definition) is 10. The summed E-state index contributed by atoms with van der Waals surface area (Å²) in [6, 6.07) is 2.57. The molecule has 13 nitrogen and oxygen atoms in total. The van der Waals surface area contributed by atoms with Crippen molar-refractivity contribution in [2.75, 3.05) is 26.6 Å². The Morgan fingerprint density at radius 1 is 1.16 bits per heavy atom. The summed E-state index contributed by atoms with van der Waals surface area (Å²) < 4.78 is 29.1. The first-order valence-electron chi connectivity index (χ1n) is 17.3. The number of hydrogen-bond donors (Lipinski definition) is 3. The molecule has 1 saturated carbocycles. The zero-order chi connectivity index (χ0) is 37.6. The minimum absolute atomic E-state index is 0.0441. The van der Waals surface area contributed by atoms with Crippen LogP contribution in [-0.2, 0) is 39.8 Å². The lowest BCUT2D eigenvalue weighted by Crippen LogP contribution is -2.63. The van der Waals surface area contributed by atoms with Crippen molar-refractivity contribution in [3.8, 4) is 5.75 Å². The number of likely N-dealkylation sites (N-methyl/N-ethyl adjacent to an activating group) is 1. The molecule has 3 fully saturated rings. The van der Waals surface area contributed by atoms with Crippen LogP contribution in [0.1, 0.15) is 66.4 Å². The van der Waals surface area contributed by atoms with E-state index in [-0.39, 0.29) is 29.7 Å². The third-order valence-corrected chi connectivity index (χ3v) is 11.6. The van der Waals surface area contributed by atoms with Crippen molar-refractivity contribution < 1.29 is 48.0 Å². The molecule has 1 aliphatic carbocycles. The summed E-state index contributed by atoms with van der Waals surface area (Å²) in [6.45, 7) is 10.9. The van der Waals surface area contributed by atoms with E-state index in [1.807, 2.05) is 26.8 Å². The van der Waals surface area contributed by atoms with Gasteiger partial charge in [0, 0.05) is 31.9 Å². The van der Waals surface area contributed by atoms with Crippen LogP contribution in [0.3, 0.4) is 0 Å². The summed E-state index contributed by atoms with van der Waals surface area (Å²) in [5, 5.41) is 17.3. The smallest absolute Gasteiger partial charge is 0.409 e. The van der Waals surface area contributed by atoms with E-state index in [0.29, 0.717) is 17.9 Å². The van der Waals surface area contributed by atoms with Gasteiger partial charge in [0.2, 0.25) is 11.8 Å². The van der Waals surface area contributed by atoms with Crippen LogP contribution in [0.25, 0.3) is 0 Å². The number of nitrogens with one attached hydrogen (secondary N) is 2. The first-order valence-corrected chi connectivity index (χ1v) is 17.6. The normalized spacial score (nSPS) is 37.2. The maximum absolute atomic E-state index is 13.8. The number of esters is 1. The molecule has 0 radical (unpaired) electrons. The quantitative estimate of drug-likeness (QED) is 0.280. The lowest BCUT2D eigenvalue weighted by atomic mass is 9.83. The van der Waals surface area contributed by atoms with Crippen LogP contribution in [0.15, 0.2) is 35.9 Å². The summed E-state index contributed by atoms with van der Waals surface area (Å²) in [5.41, 5.74) is -1.52. The minimum Gasteiger partial charge on any atom is -0.495 e. The van der Waals surface area contributed by atoms with Crippen molar-refractivity contribution in [3.05, 3.63) is 46.5 Å². The number of alkyl carbamates (subject to hydrolysis) is 1. The van der Waals surface area contributed by atoms with E-state index >= 15 is 0 Å². The van der Waals surface area contributed by atoms with Crippen LogP contribution in [0.4, 0.5) is 10.5 Å². The highest BCUT2D eigenvalue weighted by atomic mass is 35.5. The highest BCUT2D eigenvalue weighted by molar-refractivity contribution is 6.35. The number of carbonyl (C=O) groups excluding carboxylic acids is 4. The van der Waals surface area contributed by atoms with Crippen molar-refractivity contribution >= 4 is 41.2 Å². The van der Waals surface area contributed by atoms with Gasteiger partial charge in [-0.05, 0) is 57.2 Å². The fraction of sp³-hybridized carbons (Fsp3) is 0.622. The molecule has 0 spiro atoms. The number of fused-ring (bicyclic) bond motifs is 5. The largest absolute Gasteiger partial charge is 0.495 e. The second-order valence-electron chi connectivity index (χ2n) is 15.0. The van der Waals surface area contributed by atoms with Crippen LogP contribution in [0.2, 0.25) is 5.02 Å². The highest BCUT2D eigenvalue weighted by Crippen LogP contribution is 2.53. The molecule has 3 amide bonds. The van der Waals surface area contributed by atoms with Crippen LogP contribution in [0, 0.1) is 17.3 Å². The van der Waals surface area contributed by atoms with Crippen LogP contribution < -0.4 is 15.4 Å². The predicted molar refractivity (Wildman–Crippen MR) is 188 cm³/mol. The molecular weight excluding hydrogens is 682 g/mol. The molecule has 0 aromatic heterocycles. The number of carbonyl (C=O) groups is 4. The summed E-state index contributed by atoms with van der Waals surface area (Å²) in [4.78, 5) is 54.9. The molecule has 1 aromatic carbocycles. The minimum atomic E-state index is -1.82. The third kappa shape index (κ3) is 7.77. The molecular formula is C37H50ClN3O10. The van der Waals surface area contributed by atoms with Crippen LogP contribution in [-0.4, -0.2) is 96.9 Å². The van der Waals surface area contributed by atoms with Gasteiger partial charge < -0.3 is 39.0 Å². The van der Waals surface area contributed by atoms with Crippen LogP contribution in [0.5, 0.6) is 5.75 Å². The molecule has 10 unspecified atom stereocenters. The SMILES string of the molecule is COc1cc2cc(c1Cl)NC(=O)CC(OC(=O)C(C)N(C)C(=O)C1(C)CC1C)C1(C)OC1C(C)C1CC(O)(NC(=O)O1)C(OC)/C=C/C=C(\C)C2. The number of anilines is 1. The van der Waals surface area contributed by atoms with Crippen molar-refractivity contribution in [2.45, 2.75) is 109 Å². The Hall–Kier alpha value is -3.65. The molecule has 5 rings (SSSR count). The zero-order valence-corrected chi connectivity index (χ0v) is 31.5. The van der Waals surface area contributed by atoms with Gasteiger partial charge in [-0.2, -0.15) is 0 Å². The second-order valence-corrected chi connectivity index (χ2v) is 15.3. The number of amides is 3. The number of aliphatic hydroxyl groups is 1. The van der Waals surface area contributed by atoms with Crippen molar-refractivity contribution in [1.29, 1.82) is 0 Å². The topological polar surface area (TPSA) is 165 Å². The second kappa shape index (κ2) is 14.4. The fourth-order valence-electron chi connectivity index (χ4n) is 7.26. The summed E-state index contributed by atoms with van der Waals surface area (Å²) >= 11 is 6.65. The Morgan fingerprint density at radius 3 is 2.47 bits per heavy atom. The van der Waals surface area contributed by atoms with Gasteiger partial charge in [0.05, 0.1) is 25.3 Å². The molecule has 1 aromatic rings. The lowest BCUT2D eigenvalue weighted by Gasteiger charge is -2.42. The standard InChI is InChI=1S/C37H50ClN3O10/c1-19-11-10-12-27(48-9)37(46)18-26(49-34(45)40-37)21(3)31-36(6,51-31)28(50-32(43)22(4)41(7)33(44)35(5)17-20(35)2)16-29(42)39-24-14-23(13-19)15-25(47-8)30(24)38/h10-12,14-15,20-22,26-28,31,46H,13,16-18H2,1-9H3,(H,39,42)(H,40,45)/b12-10+,19-11+. The third-order valence-electron chi connectivity index (χ3n) is 11.2. The molecule has 3 N–H and O–H groups in total. The van der Waals surface area contributed by atoms with Gasteiger partial charge in [0.25, 0.3) is 0 Å². The number of allylic oxidation sites excluding steroid dienone is 3. The number of benzene rings is 1. The van der Waals surface area contributed by atoms with E-state index in [9.17, 15) is 24.3 Å². The van der Waals surface area contributed by atoms with E-state index in [0.717, 1.165) is 17.6 Å². The Labute approximate surface area is 304 Å². The fourth-order valence-corrected chi connectivity index (χ4v) is 7.49. The van der Waals surface area contributed by atoms with Crippen molar-refractivity contribution in [3.63, 3.8) is 0 Å². The molecule has 2 saturated heterocycles. The number of nitrogens with zero attached hydrogens (tertiary/aromatic N) is 1. The number of epoxide rings is 1. The molecule has 4 bridgehead atoms. The first-order chi connectivity index (χ1) is 23.9. The molecule has 14 heteroatoms. The Morgan fingerprint density at radius 2 is 1.84 bits per heavy atom. The van der Waals surface area contributed by atoms with Gasteiger partial charge in [-0.15, -0.1) is 0 Å². The van der Waals surface area contributed by atoms with E-state index in [2.05, 4.69) is 10.6 Å². The van der Waals surface area contributed by atoms with Gasteiger partial charge in [-0.3, -0.25) is 14.9 Å². The van der Waals surface area contributed by atoms with Gasteiger partial charge in [0.15, 0.2) is 5.72 Å². The molecule has 3 heterocycles. The van der Waals surface area contributed by atoms with Crippen LogP contribution >= 0.6 is 11.6 Å². The van der Waals surface area contributed by atoms with Gasteiger partial charge in [-0.25, -0.2) is 9.59 Å². The molecule has 3 aliphatic heterocycles. The monoisotopic (exact) mass is 731 g/mol. The first kappa shape index (κ1) is 38.6. The molecule has 4 aliphatic rings. The van der Waals surface area contributed by atoms with E-state index in [1.165, 1.54) is 19.1 Å². The predicted octanol–water partition coefficient (Wildman–Crippen LogP) is 4.54. The lowest BCUT2D eigenvalue weighted by molar-refractivity contribution is -0.163. The van der Waals surface area contributed by atoms with E-state index in [4.69, 9.17) is 35.3 Å². The average molecular weight is 732 g/mol. The Kier molecular flexibility index (Phi) is 10.9. The number of ether oxygens (including phenoxy) is 5. The van der Waals surface area contributed by atoms with E-state index in [1.54, 1.807) is 52.1 Å². The summed E-state index contributed by atoms with van der Waals surface area (Å²) in [7, 11) is 4.48. The molecule has 10 atom stereocenters. The number of methoxy groups -OCH3 is 2. The van der Waals surface area contributed by atoms with Gasteiger partial charge >= 0.3 is 12.1 Å². The van der Waals surface area contributed by atoms with Gasteiger partial charge in [-0.1, -0.05) is 56.2 Å². The molecule has 280 valence electrons. The Bertz CT molecular complexity index is 1630. The maximum atomic E-state index is 13.8. The summed E-state index contributed by atoms with van der Waals surface area (Å²) in [6.07, 6.45) is 1.70. The van der Waals surface area contributed by atoms with Crippen molar-refractivity contribution in [2.24, 2.45) is 17.3 Å². The average Bonchev–Trinajstić information content (AvgIpc) is 3.94. The number of rotatable bonds is 6. The van der Waals surface area contributed by atoms with Gasteiger partial charge in [0.1, 0.15) is 40.7 Å². The van der Waals surface area contributed by atoms with E-state index < -0.39 is 71.1 Å². The molecule has 51 heavy (non-hydrogen) atoms. The Balaban J connectivity index is 1.50. The van der Waals surface area contributed by atoms with Crippen molar-refractivity contribution in [1.82, 2.24) is 10.2 Å².